The molecule has 0 radical (unpaired) electrons. The van der Waals surface area contributed by atoms with E-state index in [0.29, 0.717) is 12.0 Å². The van der Waals surface area contributed by atoms with Crippen LogP contribution in [0.1, 0.15) is 6.42 Å². The number of ether oxygens (including phenoxy) is 1. The van der Waals surface area contributed by atoms with E-state index in [4.69, 9.17) is 16.3 Å². The van der Waals surface area contributed by atoms with Gasteiger partial charge in [-0.1, -0.05) is 6.58 Å². The molecule has 1 unspecified atom stereocenters. The van der Waals surface area contributed by atoms with Gasteiger partial charge in [-0.2, -0.15) is 0 Å². The molecule has 1 fully saturated rings. The molecule has 9 heavy (non-hydrogen) atoms. The third kappa shape index (κ3) is 2.16. The summed E-state index contributed by atoms with van der Waals surface area (Å²) >= 11 is 5.11. The van der Waals surface area contributed by atoms with Gasteiger partial charge in [-0.15, -0.1) is 0 Å². The van der Waals surface area contributed by atoms with Gasteiger partial charge in [-0.05, 0) is 11.6 Å². The predicted octanol–water partition coefficient (Wildman–Crippen LogP) is 1.10. The normalized spacial score (nSPS) is 23.4. The Bertz CT molecular complexity index is 149. The predicted molar refractivity (Wildman–Crippen MR) is 34.4 cm³/mol. The molecule has 3 heteroatoms. The lowest BCUT2D eigenvalue weighted by molar-refractivity contribution is -0.108. The van der Waals surface area contributed by atoms with Crippen molar-refractivity contribution in [3.63, 3.8) is 0 Å². The molecule has 1 rings (SSSR count). The number of hydrogen-bond donors (Lipinski definition) is 0. The molecule has 0 aliphatic carbocycles. The number of epoxide rings is 1. The van der Waals surface area contributed by atoms with Gasteiger partial charge in [0.15, 0.2) is 0 Å². The summed E-state index contributed by atoms with van der Waals surface area (Å²) in [6.07, 6.45) is 0.794. The molecule has 1 aliphatic rings. The van der Waals surface area contributed by atoms with E-state index >= 15 is 0 Å². The molecule has 0 bridgehead atoms. The molecule has 1 atom stereocenters. The number of carbonyl (C=O) groups excluding carboxylic acids is 1. The summed E-state index contributed by atoms with van der Waals surface area (Å²) < 4.78 is 4.86. The van der Waals surface area contributed by atoms with Crippen molar-refractivity contribution in [1.29, 1.82) is 0 Å². The fraction of sp³-hybridized carbons (Fsp3) is 0.500. The number of hydrogen-bond acceptors (Lipinski definition) is 2. The van der Waals surface area contributed by atoms with Crippen LogP contribution in [-0.4, -0.2) is 18.0 Å². The lowest BCUT2D eigenvalue weighted by Crippen LogP contribution is -1.95. The summed E-state index contributed by atoms with van der Waals surface area (Å²) in [5, 5.41) is -0.453. The molecule has 1 heterocycles. The summed E-state index contributed by atoms with van der Waals surface area (Å²) in [4.78, 5) is 10.3. The van der Waals surface area contributed by atoms with Crippen molar-refractivity contribution in [1.82, 2.24) is 0 Å². The highest BCUT2D eigenvalue weighted by Crippen LogP contribution is 2.18. The van der Waals surface area contributed by atoms with E-state index in [2.05, 4.69) is 6.58 Å². The van der Waals surface area contributed by atoms with Crippen molar-refractivity contribution in [2.24, 2.45) is 0 Å². The van der Waals surface area contributed by atoms with E-state index < -0.39 is 5.24 Å². The Kier molecular flexibility index (Phi) is 1.88. The van der Waals surface area contributed by atoms with Crippen LogP contribution in [0.4, 0.5) is 0 Å². The first-order valence-electron chi connectivity index (χ1n) is 2.69. The van der Waals surface area contributed by atoms with Gasteiger partial charge < -0.3 is 4.74 Å². The van der Waals surface area contributed by atoms with E-state index in [1.165, 1.54) is 0 Å². The van der Waals surface area contributed by atoms with Crippen LogP contribution < -0.4 is 0 Å². The van der Waals surface area contributed by atoms with Gasteiger partial charge in [-0.3, -0.25) is 4.79 Å². The highest BCUT2D eigenvalue weighted by atomic mass is 35.5. The van der Waals surface area contributed by atoms with E-state index in [9.17, 15) is 4.79 Å². The van der Waals surface area contributed by atoms with Crippen molar-refractivity contribution >= 4 is 16.8 Å². The summed E-state index contributed by atoms with van der Waals surface area (Å²) in [5.41, 5.74) is 0.444. The zero-order valence-electron chi connectivity index (χ0n) is 4.89. The maximum Gasteiger partial charge on any atom is 0.247 e. The first-order valence-corrected chi connectivity index (χ1v) is 3.07. The number of halogens is 1. The highest BCUT2D eigenvalue weighted by molar-refractivity contribution is 6.67. The minimum absolute atomic E-state index is 0.209. The van der Waals surface area contributed by atoms with Crippen molar-refractivity contribution in [3.05, 3.63) is 12.2 Å². The molecule has 1 aliphatic heterocycles. The fourth-order valence-corrected chi connectivity index (χ4v) is 0.618. The van der Waals surface area contributed by atoms with Gasteiger partial charge in [0.1, 0.15) is 0 Å². The summed E-state index contributed by atoms with van der Waals surface area (Å²) in [6, 6.07) is 0. The van der Waals surface area contributed by atoms with Gasteiger partial charge in [0.2, 0.25) is 5.24 Å². The van der Waals surface area contributed by atoms with Crippen LogP contribution in [-0.2, 0) is 9.53 Å². The Morgan fingerprint density at radius 2 is 2.44 bits per heavy atom. The van der Waals surface area contributed by atoms with Crippen LogP contribution in [0.5, 0.6) is 0 Å². The Morgan fingerprint density at radius 3 is 2.78 bits per heavy atom. The number of rotatable bonds is 3. The molecule has 0 saturated carbocycles. The largest absolute Gasteiger partial charge is 0.373 e. The maximum atomic E-state index is 10.3. The smallest absolute Gasteiger partial charge is 0.247 e. The zero-order valence-corrected chi connectivity index (χ0v) is 5.65. The molecule has 2 nitrogen and oxygen atoms in total. The molecular weight excluding hydrogens is 140 g/mol. The Balaban J connectivity index is 2.25. The van der Waals surface area contributed by atoms with Crippen molar-refractivity contribution in [2.45, 2.75) is 12.5 Å². The van der Waals surface area contributed by atoms with Crippen LogP contribution in [0.25, 0.3) is 0 Å². The second-order valence-electron chi connectivity index (χ2n) is 2.04. The minimum Gasteiger partial charge on any atom is -0.373 e. The van der Waals surface area contributed by atoms with Gasteiger partial charge in [-0.25, -0.2) is 0 Å². The van der Waals surface area contributed by atoms with E-state index in [0.717, 1.165) is 6.61 Å². The van der Waals surface area contributed by atoms with Crippen LogP contribution in [0, 0.1) is 0 Å². The second kappa shape index (κ2) is 2.50. The average molecular weight is 147 g/mol. The monoisotopic (exact) mass is 146 g/mol. The molecule has 0 aromatic rings. The summed E-state index contributed by atoms with van der Waals surface area (Å²) in [5.74, 6) is 0. The summed E-state index contributed by atoms with van der Waals surface area (Å²) in [7, 11) is 0. The standard InChI is InChI=1S/C6H7ClO2/c1-4(6(7)8)2-5-3-9-5/h5H,1-3H2. The van der Waals surface area contributed by atoms with E-state index in [-0.39, 0.29) is 6.10 Å². The lowest BCUT2D eigenvalue weighted by Gasteiger charge is -1.91. The van der Waals surface area contributed by atoms with Gasteiger partial charge in [0, 0.05) is 12.0 Å². The van der Waals surface area contributed by atoms with Crippen LogP contribution >= 0.6 is 11.6 Å². The minimum atomic E-state index is -0.453. The molecule has 1 saturated heterocycles. The topological polar surface area (TPSA) is 29.6 Å². The van der Waals surface area contributed by atoms with Gasteiger partial charge in [0.05, 0.1) is 12.7 Å². The van der Waals surface area contributed by atoms with Gasteiger partial charge >= 0.3 is 0 Å². The molecule has 0 aromatic carbocycles. The van der Waals surface area contributed by atoms with E-state index in [1.807, 2.05) is 0 Å². The SMILES string of the molecule is C=C(CC1CO1)C(=O)Cl. The zero-order chi connectivity index (χ0) is 6.85. The van der Waals surface area contributed by atoms with Crippen molar-refractivity contribution < 1.29 is 9.53 Å². The number of carbonyl (C=O) groups is 1. The molecule has 0 N–H and O–H groups in total. The average Bonchev–Trinajstić information content (AvgIpc) is 2.50. The molecule has 0 amide bonds. The first-order chi connectivity index (χ1) is 4.20. The van der Waals surface area contributed by atoms with Crippen LogP contribution in [0.15, 0.2) is 12.2 Å². The fourth-order valence-electron chi connectivity index (χ4n) is 0.541. The second-order valence-corrected chi connectivity index (χ2v) is 2.38. The van der Waals surface area contributed by atoms with E-state index in [1.54, 1.807) is 0 Å². The Hall–Kier alpha value is -0.340. The first kappa shape index (κ1) is 6.78. The molecular formula is C6H7ClO2. The quantitative estimate of drug-likeness (QED) is 0.339. The van der Waals surface area contributed by atoms with Crippen LogP contribution in [0.3, 0.4) is 0 Å². The van der Waals surface area contributed by atoms with Crippen molar-refractivity contribution in [3.8, 4) is 0 Å². The molecule has 0 aromatic heterocycles. The third-order valence-corrected chi connectivity index (χ3v) is 1.42. The summed E-state index contributed by atoms with van der Waals surface area (Å²) in [6.45, 7) is 4.21. The third-order valence-electron chi connectivity index (χ3n) is 1.15. The highest BCUT2D eigenvalue weighted by Gasteiger charge is 2.24. The van der Waals surface area contributed by atoms with Crippen LogP contribution in [0.2, 0.25) is 0 Å². The molecule has 0 spiro atoms. The van der Waals surface area contributed by atoms with Crippen molar-refractivity contribution in [2.75, 3.05) is 6.61 Å². The Morgan fingerprint density at radius 1 is 1.89 bits per heavy atom. The molecule has 50 valence electrons. The van der Waals surface area contributed by atoms with Gasteiger partial charge in [0.25, 0.3) is 0 Å². The maximum absolute atomic E-state index is 10.3. The Labute approximate surface area is 58.4 Å². The lowest BCUT2D eigenvalue weighted by atomic mass is 10.2.